The minimum atomic E-state index is -0.120. The SMILES string of the molecule is O=C1NCC23CC4CC(C2)CC(CNC(=O)Nc2ccc5c(c2)[C@@H]2c6ccc(cc6)[C@H]5[C@H]5c6ccc(cc6)[C@@H]2c2cc(ccc25)N1)(C4)C3. The van der Waals surface area contributed by atoms with Gasteiger partial charge in [0.1, 0.15) is 0 Å². The smallest absolute Gasteiger partial charge is 0.319 e. The maximum atomic E-state index is 13.7. The van der Waals surface area contributed by atoms with Crippen molar-refractivity contribution in [1.82, 2.24) is 10.6 Å². The Morgan fingerprint density at radius 3 is 1.25 bits per heavy atom. The van der Waals surface area contributed by atoms with Crippen molar-refractivity contribution in [2.24, 2.45) is 22.7 Å². The highest BCUT2D eigenvalue weighted by atomic mass is 16.2. The second kappa shape index (κ2) is 9.52. The van der Waals surface area contributed by atoms with E-state index < -0.39 is 0 Å². The number of rotatable bonds is 0. The summed E-state index contributed by atoms with van der Waals surface area (Å²) in [4.78, 5) is 27.3. The molecule has 14 rings (SSSR count). The Labute approximate surface area is 281 Å². The third kappa shape index (κ3) is 3.92. The number of hydrogen-bond acceptors (Lipinski definition) is 2. The first kappa shape index (κ1) is 27.4. The Kier molecular flexibility index (Phi) is 5.43. The first-order chi connectivity index (χ1) is 23.4. The topological polar surface area (TPSA) is 82.3 Å². The highest BCUT2D eigenvalue weighted by Gasteiger charge is 2.57. The van der Waals surface area contributed by atoms with E-state index in [1.54, 1.807) is 0 Å². The lowest BCUT2D eigenvalue weighted by Crippen LogP contribution is -2.58. The van der Waals surface area contributed by atoms with Gasteiger partial charge in [-0.3, -0.25) is 0 Å². The highest BCUT2D eigenvalue weighted by Crippen LogP contribution is 2.65. The van der Waals surface area contributed by atoms with Crippen LogP contribution < -0.4 is 21.3 Å². The van der Waals surface area contributed by atoms with Crippen LogP contribution in [0, 0.1) is 22.7 Å². The maximum Gasteiger partial charge on any atom is 0.319 e. The van der Waals surface area contributed by atoms with Crippen LogP contribution in [-0.4, -0.2) is 25.2 Å². The number of urea groups is 2. The third-order valence-electron chi connectivity index (χ3n) is 13.6. The fourth-order valence-corrected chi connectivity index (χ4v) is 12.4. The molecule has 0 radical (unpaired) electrons. The van der Waals surface area contributed by atoms with Crippen LogP contribution in [0.4, 0.5) is 21.0 Å². The summed E-state index contributed by atoms with van der Waals surface area (Å²) in [5.41, 5.74) is 12.2. The minimum absolute atomic E-state index is 0.0275. The molecule has 2 spiro atoms. The average molecular weight is 633 g/mol. The lowest BCUT2D eigenvalue weighted by molar-refractivity contribution is -0.105. The summed E-state index contributed by atoms with van der Waals surface area (Å²) in [5, 5.41) is 13.2. The molecule has 2 unspecified atom stereocenters. The third-order valence-corrected chi connectivity index (χ3v) is 13.6. The molecule has 48 heavy (non-hydrogen) atoms. The number of carbonyl (C=O) groups is 2. The molecule has 1 heterocycles. The van der Waals surface area contributed by atoms with Gasteiger partial charge in [0.25, 0.3) is 0 Å². The molecule has 4 amide bonds. The molecule has 16 bridgehead atoms. The number of hydrogen-bond donors (Lipinski definition) is 4. The summed E-state index contributed by atoms with van der Waals surface area (Å²) in [6.45, 7) is 1.38. The number of carbonyl (C=O) groups excluding carboxylic acids is 2. The number of benzene rings is 4. The second-order valence-electron chi connectivity index (χ2n) is 16.5. The normalized spacial score (nSPS) is 34.5. The standard InChI is InChI=1S/C42H40N4O2/c47-39-43-21-41-16-23-13-24(17-41)19-42(18-23,20-41)22-44-40(48)46-30-10-12-32-34(15-30)38-28-7-3-26(4-8-28)36(32)35-25-1-5-27(6-2-25)37(38)33-14-29(45-39)9-11-31(33)35/h1-12,14-15,23-24,35-38H,13,16-22H2,(H2,43,45,47)(H2,44,46,48)/t23?,24?,35-,36+,37+,38-,41?,42?. The van der Waals surface area contributed by atoms with E-state index >= 15 is 0 Å². The molecule has 4 aromatic rings. The summed E-state index contributed by atoms with van der Waals surface area (Å²) < 4.78 is 0. The van der Waals surface area contributed by atoms with Crippen molar-refractivity contribution in [3.8, 4) is 0 Å². The molecule has 0 aromatic heterocycles. The zero-order chi connectivity index (χ0) is 31.8. The molecular formula is C42H40N4O2. The largest absolute Gasteiger partial charge is 0.337 e. The fourth-order valence-electron chi connectivity index (χ4n) is 12.4. The van der Waals surface area contributed by atoms with Crippen LogP contribution in [0.2, 0.25) is 0 Å². The molecule has 6 heteroatoms. The molecule has 4 saturated carbocycles. The van der Waals surface area contributed by atoms with Gasteiger partial charge < -0.3 is 21.3 Å². The van der Waals surface area contributed by atoms with E-state index in [0.717, 1.165) is 17.8 Å². The van der Waals surface area contributed by atoms with Gasteiger partial charge in [0, 0.05) is 48.1 Å². The van der Waals surface area contributed by atoms with E-state index in [1.165, 1.54) is 76.6 Å². The van der Waals surface area contributed by atoms with Crippen molar-refractivity contribution in [3.63, 3.8) is 0 Å². The van der Waals surface area contributed by atoms with Crippen LogP contribution in [0.3, 0.4) is 0 Å². The van der Waals surface area contributed by atoms with Crippen LogP contribution in [0.5, 0.6) is 0 Å². The molecule has 4 fully saturated rings. The minimum Gasteiger partial charge on any atom is -0.337 e. The lowest BCUT2D eigenvalue weighted by Gasteiger charge is -2.62. The van der Waals surface area contributed by atoms with E-state index in [-0.39, 0.29) is 46.6 Å². The zero-order valence-electron chi connectivity index (χ0n) is 27.0. The number of nitrogens with one attached hydrogen (secondary N) is 4. The van der Waals surface area contributed by atoms with Gasteiger partial charge in [-0.2, -0.15) is 0 Å². The number of amides is 4. The van der Waals surface area contributed by atoms with Crippen molar-refractivity contribution in [2.45, 2.75) is 62.2 Å². The van der Waals surface area contributed by atoms with Crippen LogP contribution >= 0.6 is 0 Å². The summed E-state index contributed by atoms with van der Waals surface area (Å²) in [5.74, 6) is 1.61. The first-order valence-corrected chi connectivity index (χ1v) is 18.0. The Hall–Kier alpha value is -4.58. The van der Waals surface area contributed by atoms with Gasteiger partial charge >= 0.3 is 12.1 Å². The van der Waals surface area contributed by atoms with Crippen LogP contribution in [0.15, 0.2) is 84.9 Å². The summed E-state index contributed by atoms with van der Waals surface area (Å²) in [7, 11) is 0. The quantitative estimate of drug-likeness (QED) is 0.157. The summed E-state index contributed by atoms with van der Waals surface area (Å²) in [6.07, 6.45) is 7.07. The van der Waals surface area contributed by atoms with Crippen molar-refractivity contribution >= 4 is 23.4 Å². The molecular weight excluding hydrogens is 592 g/mol. The second-order valence-corrected chi connectivity index (χ2v) is 16.5. The van der Waals surface area contributed by atoms with E-state index in [1.807, 2.05) is 0 Å². The van der Waals surface area contributed by atoms with Crippen LogP contribution in [-0.2, 0) is 0 Å². The predicted molar refractivity (Wildman–Crippen MR) is 187 cm³/mol. The van der Waals surface area contributed by atoms with Gasteiger partial charge in [-0.15, -0.1) is 0 Å². The molecule has 0 saturated heterocycles. The lowest BCUT2D eigenvalue weighted by atomic mass is 9.44. The van der Waals surface area contributed by atoms with Crippen molar-refractivity contribution in [3.05, 3.63) is 129 Å². The molecule has 10 aliphatic rings. The van der Waals surface area contributed by atoms with Crippen LogP contribution in [0.25, 0.3) is 0 Å². The molecule has 6 nitrogen and oxygen atoms in total. The van der Waals surface area contributed by atoms with Crippen molar-refractivity contribution < 1.29 is 9.59 Å². The van der Waals surface area contributed by atoms with Gasteiger partial charge in [-0.05, 0) is 130 Å². The van der Waals surface area contributed by atoms with Crippen LogP contribution in [0.1, 0.15) is 107 Å². The molecule has 4 N–H and O–H groups in total. The Morgan fingerprint density at radius 1 is 0.479 bits per heavy atom. The molecule has 9 aliphatic carbocycles. The Bertz CT molecular complexity index is 1880. The zero-order valence-corrected chi connectivity index (χ0v) is 27.0. The highest BCUT2D eigenvalue weighted by molar-refractivity contribution is 5.90. The molecule has 240 valence electrons. The Morgan fingerprint density at radius 2 is 0.854 bits per heavy atom. The van der Waals surface area contributed by atoms with E-state index in [4.69, 9.17) is 0 Å². The molecule has 1 aliphatic heterocycles. The monoisotopic (exact) mass is 632 g/mol. The summed E-state index contributed by atoms with van der Waals surface area (Å²) in [6, 6.07) is 31.7. The number of fused-ring (bicyclic) bond motifs is 6. The maximum absolute atomic E-state index is 13.7. The predicted octanol–water partition coefficient (Wildman–Crippen LogP) is 8.40. The summed E-state index contributed by atoms with van der Waals surface area (Å²) >= 11 is 0. The van der Waals surface area contributed by atoms with E-state index in [0.29, 0.717) is 24.9 Å². The molecule has 4 aromatic carbocycles. The van der Waals surface area contributed by atoms with E-state index in [2.05, 4.69) is 106 Å². The van der Waals surface area contributed by atoms with Gasteiger partial charge in [-0.1, -0.05) is 60.7 Å². The Balaban J connectivity index is 1.10. The fraction of sp³-hybridized carbons (Fsp3) is 0.381. The first-order valence-electron chi connectivity index (χ1n) is 18.0. The number of anilines is 2. The van der Waals surface area contributed by atoms with Gasteiger partial charge in [0.05, 0.1) is 0 Å². The van der Waals surface area contributed by atoms with Gasteiger partial charge in [-0.25, -0.2) is 9.59 Å². The van der Waals surface area contributed by atoms with Crippen molar-refractivity contribution in [1.29, 1.82) is 0 Å². The van der Waals surface area contributed by atoms with Crippen molar-refractivity contribution in [2.75, 3.05) is 23.7 Å². The molecule has 6 atom stereocenters. The van der Waals surface area contributed by atoms with Gasteiger partial charge in [0.2, 0.25) is 0 Å². The average Bonchev–Trinajstić information content (AvgIpc) is 3.06. The van der Waals surface area contributed by atoms with E-state index in [9.17, 15) is 9.59 Å². The van der Waals surface area contributed by atoms with Gasteiger partial charge in [0.15, 0.2) is 0 Å².